The maximum absolute atomic E-state index is 12.9. The standard InChI is InChI=1S/C21H22N6O2/c28-20-8-14(15-10-23-24-11-15)1-2-17(20)18-3-4-19(26-25-18)21(29)27-6-5-13-7-16(12-27)22-9-13/h1-4,8,10-11,13,16,22,28H,5-7,9,12H2,(H,23,24). The molecule has 2 bridgehead atoms. The number of phenolic OH excluding ortho intramolecular Hbond substituents is 1. The highest BCUT2D eigenvalue weighted by atomic mass is 16.3. The third-order valence-electron chi connectivity index (χ3n) is 5.84. The molecule has 3 N–H and O–H groups in total. The number of carbonyl (C=O) groups is 1. The summed E-state index contributed by atoms with van der Waals surface area (Å²) >= 11 is 0. The number of hydrogen-bond donors (Lipinski definition) is 3. The van der Waals surface area contributed by atoms with E-state index in [0.717, 1.165) is 43.6 Å². The number of carbonyl (C=O) groups excluding carboxylic acids is 1. The number of nitrogens with one attached hydrogen (secondary N) is 2. The number of likely N-dealkylation sites (tertiary alicyclic amines) is 1. The molecule has 4 heterocycles. The molecule has 2 saturated heterocycles. The molecule has 2 unspecified atom stereocenters. The summed E-state index contributed by atoms with van der Waals surface area (Å²) in [4.78, 5) is 14.7. The molecular weight excluding hydrogens is 368 g/mol. The van der Waals surface area contributed by atoms with Crippen LogP contribution in [0.1, 0.15) is 23.3 Å². The smallest absolute Gasteiger partial charge is 0.274 e. The van der Waals surface area contributed by atoms with Crippen LogP contribution in [-0.2, 0) is 0 Å². The molecule has 1 aromatic carbocycles. The molecule has 2 aliphatic rings. The molecule has 148 valence electrons. The summed E-state index contributed by atoms with van der Waals surface area (Å²) in [5.41, 5.74) is 3.17. The van der Waals surface area contributed by atoms with E-state index in [2.05, 4.69) is 25.7 Å². The van der Waals surface area contributed by atoms with Gasteiger partial charge >= 0.3 is 0 Å². The van der Waals surface area contributed by atoms with E-state index in [1.54, 1.807) is 36.7 Å². The van der Waals surface area contributed by atoms with Crippen molar-refractivity contribution in [3.8, 4) is 28.1 Å². The SMILES string of the molecule is O=C(c1ccc(-c2ccc(-c3cn[nH]c3)cc2O)nn1)N1CCC2CNC(C2)C1. The maximum Gasteiger partial charge on any atom is 0.274 e. The number of aromatic hydroxyl groups is 1. The quantitative estimate of drug-likeness (QED) is 0.632. The third kappa shape index (κ3) is 3.47. The number of benzene rings is 1. The minimum absolute atomic E-state index is 0.0853. The minimum Gasteiger partial charge on any atom is -0.507 e. The van der Waals surface area contributed by atoms with Gasteiger partial charge in [0.2, 0.25) is 0 Å². The molecule has 0 saturated carbocycles. The Morgan fingerprint density at radius 3 is 2.86 bits per heavy atom. The lowest BCUT2D eigenvalue weighted by atomic mass is 10.0. The first-order valence-electron chi connectivity index (χ1n) is 9.86. The van der Waals surface area contributed by atoms with E-state index in [4.69, 9.17) is 0 Å². The highest BCUT2D eigenvalue weighted by Gasteiger charge is 2.32. The molecule has 0 radical (unpaired) electrons. The molecular formula is C21H22N6O2. The van der Waals surface area contributed by atoms with Crippen LogP contribution in [0.15, 0.2) is 42.7 Å². The highest BCUT2D eigenvalue weighted by Crippen LogP contribution is 2.32. The van der Waals surface area contributed by atoms with E-state index >= 15 is 0 Å². The van der Waals surface area contributed by atoms with Crippen LogP contribution >= 0.6 is 0 Å². The van der Waals surface area contributed by atoms with Crippen LogP contribution in [0.4, 0.5) is 0 Å². The molecule has 29 heavy (non-hydrogen) atoms. The molecule has 8 heteroatoms. The summed E-state index contributed by atoms with van der Waals surface area (Å²) in [5, 5.41) is 28.9. The Kier molecular flexibility index (Phi) is 4.48. The molecule has 2 aliphatic heterocycles. The Hall–Kier alpha value is -3.26. The Morgan fingerprint density at radius 2 is 2.10 bits per heavy atom. The van der Waals surface area contributed by atoms with Crippen molar-refractivity contribution >= 4 is 5.91 Å². The Balaban J connectivity index is 1.34. The maximum atomic E-state index is 12.9. The Bertz CT molecular complexity index is 1020. The van der Waals surface area contributed by atoms with E-state index in [-0.39, 0.29) is 11.7 Å². The molecule has 1 amide bonds. The van der Waals surface area contributed by atoms with E-state index in [9.17, 15) is 9.90 Å². The predicted octanol–water partition coefficient (Wildman–Crippen LogP) is 2.06. The number of hydrogen-bond acceptors (Lipinski definition) is 6. The number of phenols is 1. The number of nitrogens with zero attached hydrogens (tertiary/aromatic N) is 4. The van der Waals surface area contributed by atoms with E-state index in [1.165, 1.54) is 0 Å². The van der Waals surface area contributed by atoms with Gasteiger partial charge < -0.3 is 15.3 Å². The largest absolute Gasteiger partial charge is 0.507 e. The van der Waals surface area contributed by atoms with Crippen LogP contribution in [0, 0.1) is 5.92 Å². The molecule has 2 atom stereocenters. The van der Waals surface area contributed by atoms with Gasteiger partial charge in [0.05, 0.1) is 11.9 Å². The van der Waals surface area contributed by atoms with Crippen molar-refractivity contribution in [1.82, 2.24) is 30.6 Å². The number of fused-ring (bicyclic) bond motifs is 2. The number of aromatic amines is 1. The lowest BCUT2D eigenvalue weighted by Crippen LogP contribution is -2.42. The predicted molar refractivity (Wildman–Crippen MR) is 107 cm³/mol. The van der Waals surface area contributed by atoms with Crippen molar-refractivity contribution in [3.63, 3.8) is 0 Å². The summed E-state index contributed by atoms with van der Waals surface area (Å²) in [7, 11) is 0. The fourth-order valence-corrected chi connectivity index (χ4v) is 4.23. The van der Waals surface area contributed by atoms with Crippen molar-refractivity contribution < 1.29 is 9.90 Å². The van der Waals surface area contributed by atoms with Gasteiger partial charge in [-0.1, -0.05) is 6.07 Å². The van der Waals surface area contributed by atoms with Crippen molar-refractivity contribution in [2.24, 2.45) is 5.92 Å². The first-order chi connectivity index (χ1) is 14.2. The van der Waals surface area contributed by atoms with Crippen molar-refractivity contribution in [1.29, 1.82) is 0 Å². The second-order valence-electron chi connectivity index (χ2n) is 7.77. The minimum atomic E-state index is -0.0853. The van der Waals surface area contributed by atoms with Gasteiger partial charge in [0, 0.05) is 36.5 Å². The van der Waals surface area contributed by atoms with Gasteiger partial charge in [-0.3, -0.25) is 9.89 Å². The second-order valence-corrected chi connectivity index (χ2v) is 7.77. The van der Waals surface area contributed by atoms with Gasteiger partial charge in [0.1, 0.15) is 5.75 Å². The Labute approximate surface area is 168 Å². The molecule has 0 aliphatic carbocycles. The van der Waals surface area contributed by atoms with Crippen LogP contribution in [0.25, 0.3) is 22.4 Å². The van der Waals surface area contributed by atoms with Crippen LogP contribution in [0.2, 0.25) is 0 Å². The van der Waals surface area contributed by atoms with E-state index in [0.29, 0.717) is 28.9 Å². The zero-order valence-corrected chi connectivity index (χ0v) is 15.9. The fourth-order valence-electron chi connectivity index (χ4n) is 4.23. The fraction of sp³-hybridized carbons (Fsp3) is 0.333. The summed E-state index contributed by atoms with van der Waals surface area (Å²) in [6.07, 6.45) is 5.62. The number of rotatable bonds is 3. The number of H-pyrrole nitrogens is 1. The zero-order chi connectivity index (χ0) is 19.8. The normalized spacial score (nSPS) is 21.2. The van der Waals surface area contributed by atoms with Gasteiger partial charge in [-0.25, -0.2) is 0 Å². The van der Waals surface area contributed by atoms with E-state index < -0.39 is 0 Å². The van der Waals surface area contributed by atoms with E-state index in [1.807, 2.05) is 11.0 Å². The molecule has 8 nitrogen and oxygen atoms in total. The monoisotopic (exact) mass is 390 g/mol. The average molecular weight is 390 g/mol. The highest BCUT2D eigenvalue weighted by molar-refractivity contribution is 5.92. The summed E-state index contributed by atoms with van der Waals surface area (Å²) in [6.45, 7) is 2.54. The first-order valence-corrected chi connectivity index (χ1v) is 9.86. The lowest BCUT2D eigenvalue weighted by Gasteiger charge is -2.24. The molecule has 2 aromatic heterocycles. The summed E-state index contributed by atoms with van der Waals surface area (Å²) in [6, 6.07) is 9.14. The zero-order valence-electron chi connectivity index (χ0n) is 15.9. The van der Waals surface area contributed by atoms with Gasteiger partial charge in [-0.05, 0) is 55.1 Å². The summed E-state index contributed by atoms with van der Waals surface area (Å²) < 4.78 is 0. The molecule has 2 fully saturated rings. The van der Waals surface area contributed by atoms with Gasteiger partial charge in [0.15, 0.2) is 5.69 Å². The topological polar surface area (TPSA) is 107 Å². The molecule has 5 rings (SSSR count). The van der Waals surface area contributed by atoms with Crippen molar-refractivity contribution in [2.45, 2.75) is 18.9 Å². The van der Waals surface area contributed by atoms with Gasteiger partial charge in [0.25, 0.3) is 5.91 Å². The van der Waals surface area contributed by atoms with Crippen LogP contribution in [-0.4, -0.2) is 62.0 Å². The van der Waals surface area contributed by atoms with Crippen LogP contribution < -0.4 is 5.32 Å². The summed E-state index contributed by atoms with van der Waals surface area (Å²) in [5.74, 6) is 0.684. The number of amides is 1. The molecule has 0 spiro atoms. The van der Waals surface area contributed by atoms with Crippen LogP contribution in [0.3, 0.4) is 0 Å². The number of aromatic nitrogens is 4. The van der Waals surface area contributed by atoms with Crippen molar-refractivity contribution in [2.75, 3.05) is 19.6 Å². The van der Waals surface area contributed by atoms with Crippen molar-refractivity contribution in [3.05, 3.63) is 48.4 Å². The van der Waals surface area contributed by atoms with Crippen LogP contribution in [0.5, 0.6) is 5.75 Å². The first kappa shape index (κ1) is 17.8. The van der Waals surface area contributed by atoms with Gasteiger partial charge in [-0.2, -0.15) is 5.10 Å². The second kappa shape index (κ2) is 7.29. The average Bonchev–Trinajstić information content (AvgIpc) is 3.37. The third-order valence-corrected chi connectivity index (χ3v) is 5.84. The van der Waals surface area contributed by atoms with Gasteiger partial charge in [-0.15, -0.1) is 10.2 Å². The molecule has 3 aromatic rings. The lowest BCUT2D eigenvalue weighted by molar-refractivity contribution is 0.0736. The Morgan fingerprint density at radius 1 is 1.17 bits per heavy atom.